The summed E-state index contributed by atoms with van der Waals surface area (Å²) in [6.07, 6.45) is 13.5. The van der Waals surface area contributed by atoms with Gasteiger partial charge in [0, 0.05) is 0 Å². The van der Waals surface area contributed by atoms with Crippen LogP contribution in [0.3, 0.4) is 0 Å². The quantitative estimate of drug-likeness (QED) is 0.217. The molecular weight excluding hydrogens is 344 g/mol. The van der Waals surface area contributed by atoms with Crippen LogP contribution in [0.1, 0.15) is 99.3 Å². The third-order valence-corrected chi connectivity index (χ3v) is 6.38. The third kappa shape index (κ3) is 15.9. The van der Waals surface area contributed by atoms with Crippen molar-refractivity contribution in [3.8, 4) is 0 Å². The maximum atomic E-state index is 11.3. The Morgan fingerprint density at radius 2 is 1.38 bits per heavy atom. The molecule has 0 aliphatic heterocycles. The van der Waals surface area contributed by atoms with Crippen LogP contribution < -0.4 is 0 Å². The number of rotatable bonds is 16. The van der Waals surface area contributed by atoms with Crippen molar-refractivity contribution in [1.82, 2.24) is 0 Å². The van der Waals surface area contributed by atoms with Gasteiger partial charge in [-0.1, -0.05) is 84.3 Å². The SMILES string of the molecule is CCS(=O)(=O)OCC=C(C)CCCC(C)CCCC(C)CCCC(C)C. The molecule has 0 aliphatic rings. The highest BCUT2D eigenvalue weighted by atomic mass is 32.2. The lowest BCUT2D eigenvalue weighted by molar-refractivity contribution is 0.357. The minimum Gasteiger partial charge on any atom is -0.266 e. The molecule has 0 heterocycles. The zero-order valence-electron chi connectivity index (χ0n) is 18.2. The summed E-state index contributed by atoms with van der Waals surface area (Å²) in [5, 5.41) is 0. The molecule has 0 bridgehead atoms. The van der Waals surface area contributed by atoms with E-state index in [1.54, 1.807) is 6.92 Å². The molecule has 0 aromatic rings. The molecule has 2 unspecified atom stereocenters. The zero-order chi connectivity index (χ0) is 20.0. The molecule has 26 heavy (non-hydrogen) atoms. The summed E-state index contributed by atoms with van der Waals surface area (Å²) < 4.78 is 27.4. The van der Waals surface area contributed by atoms with Crippen LogP contribution in [0.4, 0.5) is 0 Å². The standard InChI is InChI=1S/C22H44O3S/c1-7-26(23,24)25-18-17-22(6)16-10-15-21(5)14-9-13-20(4)12-8-11-19(2)3/h17,19-21H,7-16,18H2,1-6H3. The first kappa shape index (κ1) is 25.6. The number of hydrogen-bond donors (Lipinski definition) is 0. The van der Waals surface area contributed by atoms with E-state index in [9.17, 15) is 8.42 Å². The van der Waals surface area contributed by atoms with E-state index in [0.29, 0.717) is 0 Å². The van der Waals surface area contributed by atoms with Crippen LogP contribution in [0.5, 0.6) is 0 Å². The van der Waals surface area contributed by atoms with Crippen LogP contribution >= 0.6 is 0 Å². The van der Waals surface area contributed by atoms with Gasteiger partial charge in [-0.15, -0.1) is 0 Å². The van der Waals surface area contributed by atoms with E-state index in [1.807, 2.05) is 6.08 Å². The lowest BCUT2D eigenvalue weighted by Crippen LogP contribution is -2.08. The van der Waals surface area contributed by atoms with Gasteiger partial charge in [-0.2, -0.15) is 8.42 Å². The minimum atomic E-state index is -3.32. The number of allylic oxidation sites excluding steroid dienone is 1. The molecule has 0 rings (SSSR count). The van der Waals surface area contributed by atoms with E-state index < -0.39 is 10.1 Å². The summed E-state index contributed by atoms with van der Waals surface area (Å²) in [5.74, 6) is 2.52. The molecule has 0 saturated heterocycles. The molecule has 0 saturated carbocycles. The summed E-state index contributed by atoms with van der Waals surface area (Å²) in [5.41, 5.74) is 1.22. The van der Waals surface area contributed by atoms with Crippen molar-refractivity contribution < 1.29 is 12.6 Å². The fraction of sp³-hybridized carbons (Fsp3) is 0.909. The lowest BCUT2D eigenvalue weighted by atomic mass is 9.91. The van der Waals surface area contributed by atoms with Gasteiger partial charge in [0.1, 0.15) is 0 Å². The van der Waals surface area contributed by atoms with Crippen molar-refractivity contribution in [2.45, 2.75) is 99.3 Å². The predicted octanol–water partition coefficient (Wildman–Crippen LogP) is 6.74. The van der Waals surface area contributed by atoms with Crippen LogP contribution in [0.15, 0.2) is 11.6 Å². The number of hydrogen-bond acceptors (Lipinski definition) is 3. The minimum absolute atomic E-state index is 0.0355. The van der Waals surface area contributed by atoms with Gasteiger partial charge in [0.15, 0.2) is 0 Å². The van der Waals surface area contributed by atoms with Crippen LogP contribution in [0.25, 0.3) is 0 Å². The van der Waals surface area contributed by atoms with Gasteiger partial charge in [0.05, 0.1) is 12.4 Å². The summed E-state index contributed by atoms with van der Waals surface area (Å²) in [7, 11) is -3.32. The highest BCUT2D eigenvalue weighted by molar-refractivity contribution is 7.86. The summed E-state index contributed by atoms with van der Waals surface area (Å²) in [6, 6.07) is 0. The maximum absolute atomic E-state index is 11.3. The Balaban J connectivity index is 3.74. The molecule has 2 atom stereocenters. The lowest BCUT2D eigenvalue weighted by Gasteiger charge is -2.15. The Hall–Kier alpha value is -0.350. The first-order valence-electron chi connectivity index (χ1n) is 10.7. The molecule has 0 aromatic heterocycles. The molecule has 0 aliphatic carbocycles. The Morgan fingerprint density at radius 3 is 1.88 bits per heavy atom. The first-order valence-corrected chi connectivity index (χ1v) is 12.3. The van der Waals surface area contributed by atoms with Gasteiger partial charge >= 0.3 is 0 Å². The summed E-state index contributed by atoms with van der Waals surface area (Å²) in [6.45, 7) is 13.2. The van der Waals surface area contributed by atoms with E-state index in [1.165, 1.54) is 56.9 Å². The molecule has 0 aromatic carbocycles. The molecule has 0 fully saturated rings. The van der Waals surface area contributed by atoms with Gasteiger partial charge in [-0.25, -0.2) is 0 Å². The van der Waals surface area contributed by atoms with E-state index in [2.05, 4.69) is 34.6 Å². The van der Waals surface area contributed by atoms with Gasteiger partial charge in [0.25, 0.3) is 10.1 Å². The van der Waals surface area contributed by atoms with Crippen LogP contribution in [-0.4, -0.2) is 20.8 Å². The van der Waals surface area contributed by atoms with E-state index in [-0.39, 0.29) is 12.4 Å². The second kappa shape index (κ2) is 14.7. The topological polar surface area (TPSA) is 43.4 Å². The smallest absolute Gasteiger partial charge is 0.266 e. The first-order chi connectivity index (χ1) is 12.2. The maximum Gasteiger partial charge on any atom is 0.267 e. The fourth-order valence-electron chi connectivity index (χ4n) is 3.17. The molecule has 156 valence electrons. The molecule has 0 radical (unpaired) electrons. The van der Waals surface area contributed by atoms with E-state index in [4.69, 9.17) is 4.18 Å². The molecule has 3 nitrogen and oxygen atoms in total. The molecule has 4 heteroatoms. The van der Waals surface area contributed by atoms with Crippen molar-refractivity contribution in [2.24, 2.45) is 17.8 Å². The summed E-state index contributed by atoms with van der Waals surface area (Å²) >= 11 is 0. The van der Waals surface area contributed by atoms with Gasteiger partial charge in [-0.05, 0) is 44.4 Å². The van der Waals surface area contributed by atoms with Gasteiger partial charge in [-0.3, -0.25) is 4.18 Å². The molecular formula is C22H44O3S. The van der Waals surface area contributed by atoms with Gasteiger partial charge in [0.2, 0.25) is 0 Å². The monoisotopic (exact) mass is 388 g/mol. The predicted molar refractivity (Wildman–Crippen MR) is 114 cm³/mol. The molecule has 0 N–H and O–H groups in total. The van der Waals surface area contributed by atoms with Crippen LogP contribution in [0, 0.1) is 17.8 Å². The Bertz CT molecular complexity index is 466. The Kier molecular flexibility index (Phi) is 14.5. The average molecular weight is 389 g/mol. The van der Waals surface area contributed by atoms with Crippen molar-refractivity contribution in [1.29, 1.82) is 0 Å². The fourth-order valence-corrected chi connectivity index (χ4v) is 3.61. The van der Waals surface area contributed by atoms with E-state index in [0.717, 1.165) is 24.2 Å². The second-order valence-electron chi connectivity index (χ2n) is 8.54. The Labute approximate surface area is 164 Å². The second-order valence-corrected chi connectivity index (χ2v) is 10.5. The largest absolute Gasteiger partial charge is 0.267 e. The third-order valence-electron chi connectivity index (χ3n) is 5.17. The summed E-state index contributed by atoms with van der Waals surface area (Å²) in [4.78, 5) is 0. The normalized spacial score (nSPS) is 15.4. The van der Waals surface area contributed by atoms with Crippen molar-refractivity contribution in [3.63, 3.8) is 0 Å². The van der Waals surface area contributed by atoms with Crippen molar-refractivity contribution >= 4 is 10.1 Å². The highest BCUT2D eigenvalue weighted by Gasteiger charge is 2.07. The van der Waals surface area contributed by atoms with Crippen LogP contribution in [-0.2, 0) is 14.3 Å². The Morgan fingerprint density at radius 1 is 0.885 bits per heavy atom. The zero-order valence-corrected chi connectivity index (χ0v) is 19.0. The van der Waals surface area contributed by atoms with E-state index >= 15 is 0 Å². The molecule has 0 spiro atoms. The van der Waals surface area contributed by atoms with Crippen molar-refractivity contribution in [2.75, 3.05) is 12.4 Å². The molecule has 0 amide bonds. The van der Waals surface area contributed by atoms with Crippen LogP contribution in [0.2, 0.25) is 0 Å². The highest BCUT2D eigenvalue weighted by Crippen LogP contribution is 2.22. The van der Waals surface area contributed by atoms with Crippen molar-refractivity contribution in [3.05, 3.63) is 11.6 Å². The van der Waals surface area contributed by atoms with Gasteiger partial charge < -0.3 is 0 Å². The average Bonchev–Trinajstić information content (AvgIpc) is 2.54.